The molecule has 0 aliphatic heterocycles. The maximum atomic E-state index is 9.07. The van der Waals surface area contributed by atoms with Crippen LogP contribution in [0.3, 0.4) is 0 Å². The molecule has 0 bridgehead atoms. The Morgan fingerprint density at radius 3 is 2.48 bits per heavy atom. The fourth-order valence-electron chi connectivity index (χ4n) is 2.46. The third-order valence-corrected chi connectivity index (χ3v) is 3.65. The van der Waals surface area contributed by atoms with Gasteiger partial charge in [0, 0.05) is 18.5 Å². The number of aryl methyl sites for hydroxylation is 2. The highest BCUT2D eigenvalue weighted by Crippen LogP contribution is 2.15. The molecule has 1 N–H and O–H groups in total. The lowest BCUT2D eigenvalue weighted by Gasteiger charge is -2.07. The van der Waals surface area contributed by atoms with Gasteiger partial charge in [0.25, 0.3) is 0 Å². The van der Waals surface area contributed by atoms with Crippen molar-refractivity contribution in [3.05, 3.63) is 59.4 Å². The number of hydrogen-bond acceptors (Lipinski definition) is 3. The summed E-state index contributed by atoms with van der Waals surface area (Å²) in [5.41, 5.74) is 3.64. The zero-order valence-corrected chi connectivity index (χ0v) is 12.6. The number of nitrogens with zero attached hydrogens (tertiary/aromatic N) is 1. The zero-order chi connectivity index (χ0) is 14.9. The molecule has 2 rings (SSSR count). The number of benzene rings is 1. The Hall–Kier alpha value is -1.87. The van der Waals surface area contributed by atoms with Crippen molar-refractivity contribution in [1.29, 1.82) is 0 Å². The summed E-state index contributed by atoms with van der Waals surface area (Å²) in [5, 5.41) is 9.07. The van der Waals surface area contributed by atoms with Crippen LogP contribution in [0.15, 0.2) is 42.6 Å². The number of aliphatic hydroxyl groups excluding tert-OH is 1. The van der Waals surface area contributed by atoms with Crippen molar-refractivity contribution in [3.8, 4) is 5.75 Å². The van der Waals surface area contributed by atoms with E-state index in [1.165, 1.54) is 11.1 Å². The Morgan fingerprint density at radius 1 is 1.00 bits per heavy atom. The number of methoxy groups -OCH3 is 1. The van der Waals surface area contributed by atoms with Crippen LogP contribution >= 0.6 is 0 Å². The van der Waals surface area contributed by atoms with Crippen LogP contribution in [0.4, 0.5) is 0 Å². The number of unbranched alkanes of at least 4 members (excludes halogenated alkanes) is 1. The Bertz CT molecular complexity index is 537. The molecule has 0 saturated heterocycles. The lowest BCUT2D eigenvalue weighted by atomic mass is 10.0. The average molecular weight is 285 g/mol. The first-order valence-corrected chi connectivity index (χ1v) is 7.50. The molecule has 0 aliphatic carbocycles. The number of aromatic nitrogens is 1. The summed E-state index contributed by atoms with van der Waals surface area (Å²) in [6.45, 7) is 0.185. The van der Waals surface area contributed by atoms with E-state index in [1.807, 2.05) is 24.4 Å². The van der Waals surface area contributed by atoms with Crippen LogP contribution in [0, 0.1) is 0 Å². The van der Waals surface area contributed by atoms with Crippen molar-refractivity contribution >= 4 is 0 Å². The molecule has 112 valence electrons. The maximum absolute atomic E-state index is 9.07. The van der Waals surface area contributed by atoms with Gasteiger partial charge in [0.15, 0.2) is 0 Å². The molecule has 0 atom stereocenters. The lowest BCUT2D eigenvalue weighted by molar-refractivity contribution is 0.299. The minimum atomic E-state index is 0.185. The molecular weight excluding hydrogens is 262 g/mol. The minimum Gasteiger partial charge on any atom is -0.497 e. The first kappa shape index (κ1) is 15.5. The van der Waals surface area contributed by atoms with E-state index in [0.29, 0.717) is 6.42 Å². The Balaban J connectivity index is 1.79. The number of hydrogen-bond donors (Lipinski definition) is 1. The van der Waals surface area contributed by atoms with Gasteiger partial charge in [-0.15, -0.1) is 0 Å². The van der Waals surface area contributed by atoms with E-state index in [2.05, 4.69) is 23.2 Å². The second-order valence-electron chi connectivity index (χ2n) is 5.14. The van der Waals surface area contributed by atoms with Gasteiger partial charge in [-0.25, -0.2) is 0 Å². The van der Waals surface area contributed by atoms with E-state index in [0.717, 1.165) is 37.1 Å². The van der Waals surface area contributed by atoms with Crippen molar-refractivity contribution in [2.24, 2.45) is 0 Å². The molecule has 21 heavy (non-hydrogen) atoms. The van der Waals surface area contributed by atoms with Crippen molar-refractivity contribution < 1.29 is 9.84 Å². The fraction of sp³-hybridized carbons (Fsp3) is 0.389. The Labute approximate surface area is 126 Å². The summed E-state index contributed by atoms with van der Waals surface area (Å²) in [6.07, 6.45) is 6.84. The lowest BCUT2D eigenvalue weighted by Crippen LogP contribution is -2.00. The summed E-state index contributed by atoms with van der Waals surface area (Å²) in [7, 11) is 1.69. The third kappa shape index (κ3) is 4.87. The normalized spacial score (nSPS) is 10.6. The van der Waals surface area contributed by atoms with Crippen LogP contribution in [0.25, 0.3) is 0 Å². The van der Waals surface area contributed by atoms with Gasteiger partial charge >= 0.3 is 0 Å². The highest BCUT2D eigenvalue weighted by Gasteiger charge is 2.03. The van der Waals surface area contributed by atoms with E-state index in [1.54, 1.807) is 7.11 Å². The highest BCUT2D eigenvalue weighted by molar-refractivity contribution is 5.27. The van der Waals surface area contributed by atoms with Crippen LogP contribution in [-0.4, -0.2) is 23.8 Å². The molecule has 0 saturated carbocycles. The highest BCUT2D eigenvalue weighted by atomic mass is 16.5. The maximum Gasteiger partial charge on any atom is 0.118 e. The van der Waals surface area contributed by atoms with Crippen LogP contribution < -0.4 is 4.74 Å². The summed E-state index contributed by atoms with van der Waals surface area (Å²) >= 11 is 0. The van der Waals surface area contributed by atoms with Crippen LogP contribution in [-0.2, 0) is 19.3 Å². The molecular formula is C18H23NO2. The predicted octanol–water partition coefficient (Wildman–Crippen LogP) is 3.19. The predicted molar refractivity (Wildman–Crippen MR) is 84.7 cm³/mol. The smallest absolute Gasteiger partial charge is 0.118 e. The van der Waals surface area contributed by atoms with Gasteiger partial charge < -0.3 is 9.84 Å². The fourth-order valence-corrected chi connectivity index (χ4v) is 2.46. The van der Waals surface area contributed by atoms with Gasteiger partial charge in [0.1, 0.15) is 5.75 Å². The number of aliphatic hydroxyl groups is 1. The first-order valence-electron chi connectivity index (χ1n) is 7.50. The number of rotatable bonds is 8. The largest absolute Gasteiger partial charge is 0.497 e. The van der Waals surface area contributed by atoms with Crippen molar-refractivity contribution in [1.82, 2.24) is 4.98 Å². The van der Waals surface area contributed by atoms with Crippen molar-refractivity contribution in [3.63, 3.8) is 0 Å². The van der Waals surface area contributed by atoms with Gasteiger partial charge in [-0.05, 0) is 61.4 Å². The van der Waals surface area contributed by atoms with E-state index in [9.17, 15) is 0 Å². The third-order valence-electron chi connectivity index (χ3n) is 3.65. The van der Waals surface area contributed by atoms with Crippen molar-refractivity contribution in [2.75, 3.05) is 13.7 Å². The summed E-state index contributed by atoms with van der Waals surface area (Å²) in [4.78, 5) is 4.44. The van der Waals surface area contributed by atoms with Gasteiger partial charge in [0.2, 0.25) is 0 Å². The SMILES string of the molecule is COc1ccc(CCCCc2ncccc2CCO)cc1. The Kier molecular flexibility index (Phi) is 6.22. The van der Waals surface area contributed by atoms with Crippen molar-refractivity contribution in [2.45, 2.75) is 32.1 Å². The van der Waals surface area contributed by atoms with E-state index in [-0.39, 0.29) is 6.61 Å². The molecule has 0 unspecified atom stereocenters. The van der Waals surface area contributed by atoms with Crippen LogP contribution in [0.1, 0.15) is 29.7 Å². The quantitative estimate of drug-likeness (QED) is 0.757. The van der Waals surface area contributed by atoms with Gasteiger partial charge in [0.05, 0.1) is 7.11 Å². The van der Waals surface area contributed by atoms with Crippen LogP contribution in [0.2, 0.25) is 0 Å². The minimum absolute atomic E-state index is 0.185. The molecule has 0 radical (unpaired) electrons. The average Bonchev–Trinajstić information content (AvgIpc) is 2.54. The molecule has 3 heteroatoms. The number of ether oxygens (including phenoxy) is 1. The molecule has 1 heterocycles. The molecule has 1 aromatic carbocycles. The van der Waals surface area contributed by atoms with Gasteiger partial charge in [-0.2, -0.15) is 0 Å². The molecule has 0 spiro atoms. The number of pyridine rings is 1. The molecule has 1 aromatic heterocycles. The standard InChI is InChI=1S/C18H23NO2/c1-21-17-10-8-15(9-11-17)5-2-3-7-18-16(12-14-20)6-4-13-19-18/h4,6,8-11,13,20H,2-3,5,7,12,14H2,1H3. The first-order chi connectivity index (χ1) is 10.3. The molecule has 0 aliphatic rings. The molecule has 2 aromatic rings. The van der Waals surface area contributed by atoms with E-state index < -0.39 is 0 Å². The zero-order valence-electron chi connectivity index (χ0n) is 12.6. The van der Waals surface area contributed by atoms with Crippen LogP contribution in [0.5, 0.6) is 5.75 Å². The second-order valence-corrected chi connectivity index (χ2v) is 5.14. The van der Waals surface area contributed by atoms with Gasteiger partial charge in [-0.3, -0.25) is 4.98 Å². The van der Waals surface area contributed by atoms with Gasteiger partial charge in [-0.1, -0.05) is 18.2 Å². The second kappa shape index (κ2) is 8.42. The monoisotopic (exact) mass is 285 g/mol. The summed E-state index contributed by atoms with van der Waals surface area (Å²) in [6, 6.07) is 12.3. The summed E-state index contributed by atoms with van der Waals surface area (Å²) in [5.74, 6) is 0.904. The summed E-state index contributed by atoms with van der Waals surface area (Å²) < 4.78 is 5.16. The Morgan fingerprint density at radius 2 is 1.76 bits per heavy atom. The molecule has 0 fully saturated rings. The van der Waals surface area contributed by atoms with E-state index >= 15 is 0 Å². The van der Waals surface area contributed by atoms with E-state index in [4.69, 9.17) is 9.84 Å². The molecule has 0 amide bonds. The molecule has 3 nitrogen and oxygen atoms in total. The topological polar surface area (TPSA) is 42.4 Å².